The number of amides is 1. The fourth-order valence-electron chi connectivity index (χ4n) is 1.46. The molecular formula is C8H14ClNOS. The third-order valence-electron chi connectivity index (χ3n) is 2.17. The lowest BCUT2D eigenvalue weighted by Crippen LogP contribution is -2.41. The number of halogens is 1. The monoisotopic (exact) mass is 207 g/mol. The van der Waals surface area contributed by atoms with Crippen LogP contribution in [0.3, 0.4) is 0 Å². The van der Waals surface area contributed by atoms with Crippen molar-refractivity contribution in [3.8, 4) is 0 Å². The molecule has 2 nitrogen and oxygen atoms in total. The van der Waals surface area contributed by atoms with Gasteiger partial charge in [-0.15, -0.1) is 11.6 Å². The highest BCUT2D eigenvalue weighted by molar-refractivity contribution is 8.12. The predicted octanol–water partition coefficient (Wildman–Crippen LogP) is 2.61. The normalized spacial score (nSPS) is 29.8. The van der Waals surface area contributed by atoms with Crippen molar-refractivity contribution in [2.45, 2.75) is 37.1 Å². The molecule has 1 saturated carbocycles. The Morgan fingerprint density at radius 3 is 2.75 bits per heavy atom. The molecule has 1 fully saturated rings. The van der Waals surface area contributed by atoms with Crippen molar-refractivity contribution >= 4 is 28.6 Å². The van der Waals surface area contributed by atoms with Gasteiger partial charge in [0.15, 0.2) is 0 Å². The van der Waals surface area contributed by atoms with E-state index in [1.165, 1.54) is 24.6 Å². The van der Waals surface area contributed by atoms with Crippen molar-refractivity contribution in [1.82, 2.24) is 5.32 Å². The molecule has 1 aliphatic rings. The summed E-state index contributed by atoms with van der Waals surface area (Å²) in [6, 6.07) is 0.195. The summed E-state index contributed by atoms with van der Waals surface area (Å²) in [4.78, 5) is 11.0. The maximum Gasteiger partial charge on any atom is 0.279 e. The minimum Gasteiger partial charge on any atom is -0.343 e. The Morgan fingerprint density at radius 1 is 1.50 bits per heavy atom. The summed E-state index contributed by atoms with van der Waals surface area (Å²) in [6.45, 7) is 0. The van der Waals surface area contributed by atoms with Gasteiger partial charge >= 0.3 is 0 Å². The van der Waals surface area contributed by atoms with Gasteiger partial charge in [0, 0.05) is 6.04 Å². The van der Waals surface area contributed by atoms with Crippen molar-refractivity contribution in [3.05, 3.63) is 0 Å². The average Bonchev–Trinajstić information content (AvgIpc) is 2.09. The number of thioether (sulfide) groups is 1. The SMILES string of the molecule is CSC(=O)N[C@H]1CCCC[C@@H]1Cl. The van der Waals surface area contributed by atoms with Crippen LogP contribution in [0.4, 0.5) is 4.79 Å². The van der Waals surface area contributed by atoms with Gasteiger partial charge in [0.05, 0.1) is 5.38 Å². The topological polar surface area (TPSA) is 29.1 Å². The molecule has 0 aromatic heterocycles. The molecule has 0 heterocycles. The van der Waals surface area contributed by atoms with E-state index in [0.29, 0.717) is 0 Å². The Bertz CT molecular complexity index is 165. The lowest BCUT2D eigenvalue weighted by molar-refractivity contribution is 0.253. The summed E-state index contributed by atoms with van der Waals surface area (Å²) in [5.74, 6) is 0. The van der Waals surface area contributed by atoms with E-state index in [4.69, 9.17) is 11.6 Å². The highest BCUT2D eigenvalue weighted by Gasteiger charge is 2.23. The molecule has 2 atom stereocenters. The van der Waals surface area contributed by atoms with Crippen molar-refractivity contribution in [3.63, 3.8) is 0 Å². The molecule has 0 saturated heterocycles. The Hall–Kier alpha value is 0.110. The molecule has 70 valence electrons. The van der Waals surface area contributed by atoms with Crippen LogP contribution in [0.25, 0.3) is 0 Å². The number of carbonyl (C=O) groups excluding carboxylic acids is 1. The van der Waals surface area contributed by atoms with Gasteiger partial charge in [-0.3, -0.25) is 4.79 Å². The molecule has 0 radical (unpaired) electrons. The van der Waals surface area contributed by atoms with Gasteiger partial charge in [0.1, 0.15) is 0 Å². The van der Waals surface area contributed by atoms with Gasteiger partial charge in [-0.1, -0.05) is 24.6 Å². The molecule has 0 aromatic carbocycles. The van der Waals surface area contributed by atoms with Crippen molar-refractivity contribution in [2.75, 3.05) is 6.26 Å². The molecule has 1 rings (SSSR count). The van der Waals surface area contributed by atoms with E-state index in [2.05, 4.69) is 5.32 Å². The van der Waals surface area contributed by atoms with Crippen LogP contribution in [-0.4, -0.2) is 22.9 Å². The predicted molar refractivity (Wildman–Crippen MR) is 53.9 cm³/mol. The zero-order chi connectivity index (χ0) is 8.97. The molecule has 1 N–H and O–H groups in total. The number of carbonyl (C=O) groups is 1. The maximum absolute atomic E-state index is 11.0. The minimum atomic E-state index is 0.0348. The van der Waals surface area contributed by atoms with Crippen molar-refractivity contribution in [2.24, 2.45) is 0 Å². The molecule has 4 heteroatoms. The van der Waals surface area contributed by atoms with Gasteiger partial charge in [0.2, 0.25) is 0 Å². The fraction of sp³-hybridized carbons (Fsp3) is 0.875. The summed E-state index contributed by atoms with van der Waals surface area (Å²) in [5.41, 5.74) is 0. The van der Waals surface area contributed by atoms with Gasteiger partial charge in [-0.05, 0) is 19.1 Å². The van der Waals surface area contributed by atoms with Gasteiger partial charge in [-0.25, -0.2) is 0 Å². The molecule has 1 amide bonds. The van der Waals surface area contributed by atoms with Crippen LogP contribution >= 0.6 is 23.4 Å². The van der Waals surface area contributed by atoms with E-state index in [1.54, 1.807) is 6.26 Å². The summed E-state index contributed by atoms with van der Waals surface area (Å²) in [6.07, 6.45) is 6.21. The summed E-state index contributed by atoms with van der Waals surface area (Å²) >= 11 is 7.27. The molecule has 0 spiro atoms. The Morgan fingerprint density at radius 2 is 2.17 bits per heavy atom. The molecule has 12 heavy (non-hydrogen) atoms. The fourth-order valence-corrected chi connectivity index (χ4v) is 2.07. The van der Waals surface area contributed by atoms with E-state index in [-0.39, 0.29) is 16.7 Å². The van der Waals surface area contributed by atoms with E-state index in [9.17, 15) is 4.79 Å². The Kier molecular flexibility index (Phi) is 4.22. The zero-order valence-corrected chi connectivity index (χ0v) is 8.75. The van der Waals surface area contributed by atoms with Crippen LogP contribution in [-0.2, 0) is 0 Å². The lowest BCUT2D eigenvalue weighted by Gasteiger charge is -2.27. The standard InChI is InChI=1S/C8H14ClNOS/c1-12-8(11)10-7-5-3-2-4-6(7)9/h6-7H,2-5H2,1H3,(H,10,11)/t6-,7-/m0/s1. The third-order valence-corrected chi connectivity index (χ3v) is 3.18. The van der Waals surface area contributed by atoms with E-state index in [1.807, 2.05) is 0 Å². The quantitative estimate of drug-likeness (QED) is 0.670. The Balaban J connectivity index is 2.33. The first-order chi connectivity index (χ1) is 5.74. The highest BCUT2D eigenvalue weighted by Crippen LogP contribution is 2.23. The van der Waals surface area contributed by atoms with Gasteiger partial charge < -0.3 is 5.32 Å². The first-order valence-electron chi connectivity index (χ1n) is 4.22. The second kappa shape index (κ2) is 4.97. The molecule has 0 aliphatic heterocycles. The number of hydrogen-bond donors (Lipinski definition) is 1. The van der Waals surface area contributed by atoms with E-state index < -0.39 is 0 Å². The van der Waals surface area contributed by atoms with Gasteiger partial charge in [0.25, 0.3) is 5.24 Å². The maximum atomic E-state index is 11.0. The smallest absolute Gasteiger partial charge is 0.279 e. The second-order valence-corrected chi connectivity index (χ2v) is 4.38. The first-order valence-corrected chi connectivity index (χ1v) is 5.88. The van der Waals surface area contributed by atoms with Gasteiger partial charge in [-0.2, -0.15) is 0 Å². The van der Waals surface area contributed by atoms with Crippen LogP contribution in [0.2, 0.25) is 0 Å². The number of nitrogens with one attached hydrogen (secondary N) is 1. The largest absolute Gasteiger partial charge is 0.343 e. The van der Waals surface area contributed by atoms with Crippen LogP contribution in [0.15, 0.2) is 0 Å². The van der Waals surface area contributed by atoms with Crippen LogP contribution in [0.1, 0.15) is 25.7 Å². The molecule has 1 aliphatic carbocycles. The third kappa shape index (κ3) is 2.87. The van der Waals surface area contributed by atoms with Crippen molar-refractivity contribution < 1.29 is 4.79 Å². The highest BCUT2D eigenvalue weighted by atomic mass is 35.5. The summed E-state index contributed by atoms with van der Waals surface area (Å²) < 4.78 is 0. The van der Waals surface area contributed by atoms with E-state index >= 15 is 0 Å². The molecular weight excluding hydrogens is 194 g/mol. The van der Waals surface area contributed by atoms with Crippen LogP contribution < -0.4 is 5.32 Å². The molecule has 0 aromatic rings. The summed E-state index contributed by atoms with van der Waals surface area (Å²) in [5, 5.41) is 3.08. The van der Waals surface area contributed by atoms with E-state index in [0.717, 1.165) is 12.8 Å². The number of rotatable bonds is 1. The summed E-state index contributed by atoms with van der Waals surface area (Å²) in [7, 11) is 0. The Labute approximate surface area is 82.4 Å². The second-order valence-electron chi connectivity index (χ2n) is 3.04. The van der Waals surface area contributed by atoms with Crippen LogP contribution in [0.5, 0.6) is 0 Å². The lowest BCUT2D eigenvalue weighted by atomic mass is 9.95. The first kappa shape index (κ1) is 10.2. The number of alkyl halides is 1. The average molecular weight is 208 g/mol. The molecule has 0 bridgehead atoms. The minimum absolute atomic E-state index is 0.0348. The number of hydrogen-bond acceptors (Lipinski definition) is 2. The molecule has 0 unspecified atom stereocenters. The van der Waals surface area contributed by atoms with Crippen LogP contribution in [0, 0.1) is 0 Å². The van der Waals surface area contributed by atoms with Crippen molar-refractivity contribution in [1.29, 1.82) is 0 Å². The zero-order valence-electron chi connectivity index (χ0n) is 7.18.